The van der Waals surface area contributed by atoms with Crippen molar-refractivity contribution >= 4 is 23.5 Å². The summed E-state index contributed by atoms with van der Waals surface area (Å²) in [5, 5.41) is 0. The molecule has 0 spiro atoms. The standard InChI is InChI=1S/C23H20N4O5/c24-21-20(22(29)25-23(30)27(21)14-16-6-2-1-3-7-16)26(15-18-9-5-13-32-18)19(28)11-10-17-8-4-12-31-17/h1-13H,14-15,24H2,(H,25,29,30)/b11-10-. The van der Waals surface area contributed by atoms with E-state index in [4.69, 9.17) is 14.6 Å². The van der Waals surface area contributed by atoms with Crippen molar-refractivity contribution in [3.05, 3.63) is 111 Å². The van der Waals surface area contributed by atoms with Crippen LogP contribution in [0.2, 0.25) is 0 Å². The molecule has 4 rings (SSSR count). The summed E-state index contributed by atoms with van der Waals surface area (Å²) >= 11 is 0. The number of hydrogen-bond donors (Lipinski definition) is 2. The first-order valence-electron chi connectivity index (χ1n) is 9.75. The lowest BCUT2D eigenvalue weighted by molar-refractivity contribution is -0.114. The van der Waals surface area contributed by atoms with Crippen LogP contribution in [0.4, 0.5) is 11.5 Å². The Bertz CT molecular complexity index is 1330. The molecular formula is C23H20N4O5. The molecule has 0 atom stereocenters. The van der Waals surface area contributed by atoms with Crippen molar-refractivity contribution in [3.8, 4) is 0 Å². The molecule has 3 heterocycles. The molecule has 3 aromatic heterocycles. The van der Waals surface area contributed by atoms with E-state index in [2.05, 4.69) is 4.98 Å². The fraction of sp³-hybridized carbons (Fsp3) is 0.0870. The van der Waals surface area contributed by atoms with E-state index in [0.29, 0.717) is 11.5 Å². The zero-order chi connectivity index (χ0) is 22.5. The number of benzene rings is 1. The van der Waals surface area contributed by atoms with Gasteiger partial charge in [-0.1, -0.05) is 30.3 Å². The number of aromatic nitrogens is 2. The quantitative estimate of drug-likeness (QED) is 0.432. The lowest BCUT2D eigenvalue weighted by atomic mass is 10.2. The van der Waals surface area contributed by atoms with Crippen molar-refractivity contribution in [2.75, 3.05) is 10.6 Å². The van der Waals surface area contributed by atoms with E-state index < -0.39 is 17.2 Å². The van der Waals surface area contributed by atoms with E-state index in [-0.39, 0.29) is 24.6 Å². The normalized spacial score (nSPS) is 11.1. The lowest BCUT2D eigenvalue weighted by Crippen LogP contribution is -2.40. The molecule has 32 heavy (non-hydrogen) atoms. The molecule has 4 aromatic rings. The predicted molar refractivity (Wildman–Crippen MR) is 119 cm³/mol. The van der Waals surface area contributed by atoms with Crippen molar-refractivity contribution in [2.45, 2.75) is 13.1 Å². The number of carbonyl (C=O) groups excluding carboxylic acids is 1. The van der Waals surface area contributed by atoms with Gasteiger partial charge in [-0.15, -0.1) is 0 Å². The summed E-state index contributed by atoms with van der Waals surface area (Å²) < 4.78 is 11.8. The second-order valence-electron chi connectivity index (χ2n) is 6.92. The fourth-order valence-corrected chi connectivity index (χ4v) is 3.22. The van der Waals surface area contributed by atoms with Crippen molar-refractivity contribution in [2.24, 2.45) is 0 Å². The minimum atomic E-state index is -0.775. The minimum Gasteiger partial charge on any atom is -0.467 e. The van der Waals surface area contributed by atoms with Crippen LogP contribution < -0.4 is 21.9 Å². The maximum absolute atomic E-state index is 13.1. The van der Waals surface area contributed by atoms with Crippen molar-refractivity contribution in [1.29, 1.82) is 0 Å². The van der Waals surface area contributed by atoms with Gasteiger partial charge < -0.3 is 14.6 Å². The van der Waals surface area contributed by atoms with E-state index in [1.165, 1.54) is 29.2 Å². The maximum atomic E-state index is 13.1. The third kappa shape index (κ3) is 4.46. The fourth-order valence-electron chi connectivity index (χ4n) is 3.22. The van der Waals surface area contributed by atoms with Crippen molar-refractivity contribution in [1.82, 2.24) is 9.55 Å². The van der Waals surface area contributed by atoms with Gasteiger partial charge in [-0.2, -0.15) is 0 Å². The number of anilines is 2. The number of nitrogens with zero attached hydrogens (tertiary/aromatic N) is 2. The summed E-state index contributed by atoms with van der Waals surface area (Å²) in [6, 6.07) is 15.9. The molecule has 0 fully saturated rings. The Morgan fingerprint density at radius 2 is 1.78 bits per heavy atom. The van der Waals surface area contributed by atoms with Gasteiger partial charge in [-0.3, -0.25) is 24.0 Å². The zero-order valence-corrected chi connectivity index (χ0v) is 16.9. The number of nitrogens with two attached hydrogens (primary N) is 1. The molecule has 1 aromatic carbocycles. The van der Waals surface area contributed by atoms with Crippen LogP contribution in [-0.4, -0.2) is 15.5 Å². The second kappa shape index (κ2) is 9.09. The van der Waals surface area contributed by atoms with Gasteiger partial charge in [-0.25, -0.2) is 4.79 Å². The van der Waals surface area contributed by atoms with Crippen LogP contribution in [0, 0.1) is 0 Å². The first-order valence-corrected chi connectivity index (χ1v) is 9.75. The van der Waals surface area contributed by atoms with Gasteiger partial charge >= 0.3 is 5.69 Å². The molecular weight excluding hydrogens is 412 g/mol. The average Bonchev–Trinajstić information content (AvgIpc) is 3.49. The third-order valence-electron chi connectivity index (χ3n) is 4.76. The zero-order valence-electron chi connectivity index (χ0n) is 16.9. The summed E-state index contributed by atoms with van der Waals surface area (Å²) in [4.78, 5) is 41.7. The van der Waals surface area contributed by atoms with Crippen LogP contribution in [0.3, 0.4) is 0 Å². The van der Waals surface area contributed by atoms with Gasteiger partial charge in [0.05, 0.1) is 25.6 Å². The van der Waals surface area contributed by atoms with Crippen LogP contribution in [0.25, 0.3) is 6.08 Å². The first kappa shape index (κ1) is 20.7. The molecule has 1 amide bonds. The number of H-pyrrole nitrogens is 1. The highest BCUT2D eigenvalue weighted by molar-refractivity contribution is 6.04. The van der Waals surface area contributed by atoms with Gasteiger partial charge in [0.15, 0.2) is 5.69 Å². The van der Waals surface area contributed by atoms with Gasteiger partial charge in [-0.05, 0) is 35.9 Å². The number of carbonyl (C=O) groups is 1. The van der Waals surface area contributed by atoms with E-state index in [1.807, 2.05) is 30.3 Å². The third-order valence-corrected chi connectivity index (χ3v) is 4.76. The lowest BCUT2D eigenvalue weighted by Gasteiger charge is -2.22. The summed E-state index contributed by atoms with van der Waals surface area (Å²) in [5.41, 5.74) is 5.48. The maximum Gasteiger partial charge on any atom is 0.330 e. The molecule has 0 unspecified atom stereocenters. The van der Waals surface area contributed by atoms with Gasteiger partial charge in [0.25, 0.3) is 11.5 Å². The topological polar surface area (TPSA) is 127 Å². The van der Waals surface area contributed by atoms with Crippen LogP contribution >= 0.6 is 0 Å². The Hall–Kier alpha value is -4.53. The molecule has 0 bridgehead atoms. The van der Waals surface area contributed by atoms with E-state index in [0.717, 1.165) is 10.5 Å². The number of nitrogen functional groups attached to an aromatic ring is 1. The summed E-state index contributed by atoms with van der Waals surface area (Å²) in [6.45, 7) is 0.0610. The van der Waals surface area contributed by atoms with Crippen LogP contribution in [0.5, 0.6) is 0 Å². The highest BCUT2D eigenvalue weighted by atomic mass is 16.3. The molecule has 9 heteroatoms. The predicted octanol–water partition coefficient (Wildman–Crippen LogP) is 2.60. The number of amides is 1. The van der Waals surface area contributed by atoms with E-state index >= 15 is 0 Å². The molecule has 0 aliphatic carbocycles. The molecule has 0 saturated heterocycles. The van der Waals surface area contributed by atoms with Gasteiger partial charge in [0.2, 0.25) is 0 Å². The Morgan fingerprint density at radius 1 is 1.03 bits per heavy atom. The smallest absolute Gasteiger partial charge is 0.330 e. The van der Waals surface area contributed by atoms with E-state index in [9.17, 15) is 14.4 Å². The monoisotopic (exact) mass is 432 g/mol. The highest BCUT2D eigenvalue weighted by Crippen LogP contribution is 2.21. The van der Waals surface area contributed by atoms with Crippen molar-refractivity contribution < 1.29 is 13.6 Å². The van der Waals surface area contributed by atoms with E-state index in [1.54, 1.807) is 24.3 Å². The van der Waals surface area contributed by atoms with Crippen molar-refractivity contribution in [3.63, 3.8) is 0 Å². The number of furan rings is 2. The molecule has 0 radical (unpaired) electrons. The van der Waals surface area contributed by atoms with Crippen LogP contribution in [-0.2, 0) is 17.9 Å². The number of aromatic amines is 1. The summed E-state index contributed by atoms with van der Waals surface area (Å²) in [6.07, 6.45) is 5.67. The molecule has 3 N–H and O–H groups in total. The summed E-state index contributed by atoms with van der Waals surface area (Å²) in [5.74, 6) is 0.227. The Labute approximate surface area is 182 Å². The highest BCUT2D eigenvalue weighted by Gasteiger charge is 2.24. The second-order valence-corrected chi connectivity index (χ2v) is 6.92. The minimum absolute atomic E-state index is 0.0643. The SMILES string of the molecule is Nc1c(N(Cc2ccco2)C(=O)/C=C\c2ccco2)c(=O)[nH]c(=O)n1Cc1ccccc1. The first-order chi connectivity index (χ1) is 15.5. The van der Waals surface area contributed by atoms with Crippen LogP contribution in [0.1, 0.15) is 17.1 Å². The molecule has 0 aliphatic heterocycles. The number of rotatable bonds is 7. The molecule has 9 nitrogen and oxygen atoms in total. The Balaban J connectivity index is 1.77. The Morgan fingerprint density at radius 3 is 2.47 bits per heavy atom. The average molecular weight is 432 g/mol. The molecule has 0 saturated carbocycles. The van der Waals surface area contributed by atoms with Gasteiger partial charge in [0.1, 0.15) is 17.3 Å². The largest absolute Gasteiger partial charge is 0.467 e. The van der Waals surface area contributed by atoms with Gasteiger partial charge in [0, 0.05) is 6.08 Å². The summed E-state index contributed by atoms with van der Waals surface area (Å²) in [7, 11) is 0. The van der Waals surface area contributed by atoms with Crippen LogP contribution in [0.15, 0.2) is 91.6 Å². The molecule has 162 valence electrons. The number of hydrogen-bond acceptors (Lipinski definition) is 6. The molecule has 0 aliphatic rings. The Kier molecular flexibility index (Phi) is 5.89. The number of nitrogens with one attached hydrogen (secondary N) is 1.